The molecule has 0 bridgehead atoms. The molecule has 1 aliphatic heterocycles. The van der Waals surface area contributed by atoms with Gasteiger partial charge in [-0.3, -0.25) is 4.99 Å². The van der Waals surface area contributed by atoms with E-state index in [0.29, 0.717) is 17.8 Å². The molecule has 0 aliphatic carbocycles. The minimum Gasteiger partial charge on any atom is -0.396 e. The number of rotatable bonds is 10. The Balaban J connectivity index is 0.00000420. The first-order chi connectivity index (χ1) is 13.6. The molecule has 29 heavy (non-hydrogen) atoms. The van der Waals surface area contributed by atoms with Crippen LogP contribution in [0.2, 0.25) is 0 Å². The quantitative estimate of drug-likeness (QED) is 0.245. The summed E-state index contributed by atoms with van der Waals surface area (Å²) in [5, 5.41) is 16.2. The highest BCUT2D eigenvalue weighted by atomic mass is 127. The molecular formula is C23H40IN3O2. The number of aliphatic imine (C=N–C) groups is 1. The molecule has 3 unspecified atom stereocenters. The number of halogens is 1. The van der Waals surface area contributed by atoms with Crippen LogP contribution in [-0.2, 0) is 4.74 Å². The molecule has 6 heteroatoms. The Bertz CT molecular complexity index is 569. The zero-order valence-electron chi connectivity index (χ0n) is 18.3. The van der Waals surface area contributed by atoms with Crippen molar-refractivity contribution in [2.24, 2.45) is 22.7 Å². The van der Waals surface area contributed by atoms with Crippen molar-refractivity contribution in [3.8, 4) is 0 Å². The molecule has 1 saturated heterocycles. The van der Waals surface area contributed by atoms with E-state index in [1.165, 1.54) is 5.56 Å². The van der Waals surface area contributed by atoms with Crippen LogP contribution >= 0.6 is 24.0 Å². The van der Waals surface area contributed by atoms with Gasteiger partial charge in [0.05, 0.1) is 6.10 Å². The molecule has 1 aliphatic rings. The van der Waals surface area contributed by atoms with Gasteiger partial charge in [0.25, 0.3) is 0 Å². The number of hydrogen-bond acceptors (Lipinski definition) is 3. The lowest BCUT2D eigenvalue weighted by Gasteiger charge is -2.32. The van der Waals surface area contributed by atoms with Gasteiger partial charge in [-0.05, 0) is 50.0 Å². The Morgan fingerprint density at radius 1 is 1.24 bits per heavy atom. The monoisotopic (exact) mass is 517 g/mol. The molecular weight excluding hydrogens is 477 g/mol. The van der Waals surface area contributed by atoms with Gasteiger partial charge in [0.15, 0.2) is 5.96 Å². The maximum Gasteiger partial charge on any atom is 0.191 e. The summed E-state index contributed by atoms with van der Waals surface area (Å²) in [6, 6.07) is 10.5. The SMILES string of the molecule is CCNC(=NCC(CCO)CC(C)C)NCC1CCCOC1c1ccccc1.I. The van der Waals surface area contributed by atoms with E-state index >= 15 is 0 Å². The van der Waals surface area contributed by atoms with Gasteiger partial charge in [-0.1, -0.05) is 44.2 Å². The van der Waals surface area contributed by atoms with Crippen LogP contribution < -0.4 is 10.6 Å². The third-order valence-electron chi connectivity index (χ3n) is 5.30. The number of benzene rings is 1. The van der Waals surface area contributed by atoms with E-state index in [4.69, 9.17) is 9.73 Å². The third kappa shape index (κ3) is 9.66. The van der Waals surface area contributed by atoms with Gasteiger partial charge in [-0.15, -0.1) is 24.0 Å². The summed E-state index contributed by atoms with van der Waals surface area (Å²) >= 11 is 0. The summed E-state index contributed by atoms with van der Waals surface area (Å²) in [6.07, 6.45) is 4.32. The average molecular weight is 517 g/mol. The van der Waals surface area contributed by atoms with Crippen molar-refractivity contribution in [1.29, 1.82) is 0 Å². The largest absolute Gasteiger partial charge is 0.396 e. The fraction of sp³-hybridized carbons (Fsp3) is 0.696. The van der Waals surface area contributed by atoms with E-state index in [9.17, 15) is 5.11 Å². The van der Waals surface area contributed by atoms with E-state index in [-0.39, 0.29) is 36.7 Å². The van der Waals surface area contributed by atoms with Crippen LogP contribution in [0.25, 0.3) is 0 Å². The number of ether oxygens (including phenoxy) is 1. The Labute approximate surface area is 194 Å². The number of aliphatic hydroxyl groups excluding tert-OH is 1. The topological polar surface area (TPSA) is 65.9 Å². The van der Waals surface area contributed by atoms with Crippen LogP contribution in [-0.4, -0.2) is 43.9 Å². The Morgan fingerprint density at radius 2 is 2.00 bits per heavy atom. The van der Waals surface area contributed by atoms with Gasteiger partial charge in [-0.2, -0.15) is 0 Å². The van der Waals surface area contributed by atoms with Crippen LogP contribution in [0.4, 0.5) is 0 Å². The van der Waals surface area contributed by atoms with E-state index in [2.05, 4.69) is 61.7 Å². The molecule has 2 rings (SSSR count). The molecule has 1 aromatic rings. The van der Waals surface area contributed by atoms with Gasteiger partial charge < -0.3 is 20.5 Å². The van der Waals surface area contributed by atoms with Gasteiger partial charge in [0.1, 0.15) is 0 Å². The Hall–Kier alpha value is -0.860. The van der Waals surface area contributed by atoms with Crippen LogP contribution in [0.5, 0.6) is 0 Å². The van der Waals surface area contributed by atoms with Crippen molar-refractivity contribution in [3.05, 3.63) is 35.9 Å². The highest BCUT2D eigenvalue weighted by molar-refractivity contribution is 14.0. The summed E-state index contributed by atoms with van der Waals surface area (Å²) in [7, 11) is 0. The molecule has 3 N–H and O–H groups in total. The fourth-order valence-corrected chi connectivity index (χ4v) is 3.99. The van der Waals surface area contributed by atoms with Gasteiger partial charge in [0, 0.05) is 38.8 Å². The van der Waals surface area contributed by atoms with E-state index in [1.54, 1.807) is 0 Å². The first kappa shape index (κ1) is 26.2. The van der Waals surface area contributed by atoms with E-state index in [0.717, 1.165) is 57.9 Å². The lowest BCUT2D eigenvalue weighted by atomic mass is 9.89. The maximum absolute atomic E-state index is 9.34. The standard InChI is InChI=1S/C23H39N3O2.HI/c1-4-24-23(25-16-19(12-13-27)15-18(2)3)26-17-21-11-8-14-28-22(21)20-9-6-5-7-10-20;/h5-7,9-10,18-19,21-22,27H,4,8,11-17H2,1-3H3,(H2,24,25,26);1H. The molecule has 1 heterocycles. The zero-order valence-corrected chi connectivity index (χ0v) is 20.6. The predicted octanol–water partition coefficient (Wildman–Crippen LogP) is 4.37. The number of aliphatic hydroxyl groups is 1. The number of guanidine groups is 1. The highest BCUT2D eigenvalue weighted by Crippen LogP contribution is 2.33. The molecule has 0 amide bonds. The van der Waals surface area contributed by atoms with Crippen molar-refractivity contribution in [2.45, 2.75) is 52.6 Å². The summed E-state index contributed by atoms with van der Waals surface area (Å²) in [5.41, 5.74) is 1.26. The maximum atomic E-state index is 9.34. The summed E-state index contributed by atoms with van der Waals surface area (Å²) in [5.74, 6) is 2.35. The van der Waals surface area contributed by atoms with Crippen LogP contribution in [0.15, 0.2) is 35.3 Å². The molecule has 166 valence electrons. The minimum absolute atomic E-state index is 0. The summed E-state index contributed by atoms with van der Waals surface area (Å²) < 4.78 is 6.11. The van der Waals surface area contributed by atoms with Crippen molar-refractivity contribution in [3.63, 3.8) is 0 Å². The highest BCUT2D eigenvalue weighted by Gasteiger charge is 2.27. The zero-order chi connectivity index (χ0) is 20.2. The molecule has 0 radical (unpaired) electrons. The second kappa shape index (κ2) is 15.0. The Kier molecular flexibility index (Phi) is 13.6. The first-order valence-corrected chi connectivity index (χ1v) is 10.9. The van der Waals surface area contributed by atoms with E-state index < -0.39 is 0 Å². The van der Waals surface area contributed by atoms with Gasteiger partial charge in [-0.25, -0.2) is 0 Å². The van der Waals surface area contributed by atoms with Crippen molar-refractivity contribution in [1.82, 2.24) is 10.6 Å². The van der Waals surface area contributed by atoms with E-state index in [1.807, 2.05) is 0 Å². The summed E-state index contributed by atoms with van der Waals surface area (Å²) in [6.45, 7) is 10.0. The molecule has 0 spiro atoms. The van der Waals surface area contributed by atoms with Crippen LogP contribution in [0, 0.1) is 17.8 Å². The summed E-state index contributed by atoms with van der Waals surface area (Å²) in [4.78, 5) is 4.81. The van der Waals surface area contributed by atoms with Crippen molar-refractivity contribution in [2.75, 3.05) is 32.8 Å². The van der Waals surface area contributed by atoms with Gasteiger partial charge >= 0.3 is 0 Å². The lowest BCUT2D eigenvalue weighted by molar-refractivity contribution is -0.0265. The smallest absolute Gasteiger partial charge is 0.191 e. The number of nitrogens with zero attached hydrogens (tertiary/aromatic N) is 1. The number of nitrogens with one attached hydrogen (secondary N) is 2. The number of hydrogen-bond donors (Lipinski definition) is 3. The Morgan fingerprint density at radius 3 is 2.66 bits per heavy atom. The minimum atomic E-state index is 0. The normalized spacial score (nSPS) is 20.8. The first-order valence-electron chi connectivity index (χ1n) is 10.9. The molecule has 0 aromatic heterocycles. The second-order valence-corrected chi connectivity index (χ2v) is 8.21. The molecule has 1 aromatic carbocycles. The van der Waals surface area contributed by atoms with Gasteiger partial charge in [0.2, 0.25) is 0 Å². The lowest BCUT2D eigenvalue weighted by Crippen LogP contribution is -2.42. The van der Waals surface area contributed by atoms with Crippen LogP contribution in [0.1, 0.15) is 58.1 Å². The average Bonchev–Trinajstić information content (AvgIpc) is 2.70. The third-order valence-corrected chi connectivity index (χ3v) is 5.30. The predicted molar refractivity (Wildman–Crippen MR) is 132 cm³/mol. The molecule has 5 nitrogen and oxygen atoms in total. The van der Waals surface area contributed by atoms with Crippen molar-refractivity contribution < 1.29 is 9.84 Å². The van der Waals surface area contributed by atoms with Crippen molar-refractivity contribution >= 4 is 29.9 Å². The molecule has 0 saturated carbocycles. The molecule has 1 fully saturated rings. The fourth-order valence-electron chi connectivity index (χ4n) is 3.99. The van der Waals surface area contributed by atoms with Crippen LogP contribution in [0.3, 0.4) is 0 Å². The second-order valence-electron chi connectivity index (χ2n) is 8.21. The molecule has 3 atom stereocenters.